The van der Waals surface area contributed by atoms with Crippen molar-refractivity contribution in [3.05, 3.63) is 49.2 Å². The maximum Gasteiger partial charge on any atom is 0.246 e. The zero-order chi connectivity index (χ0) is 21.0. The van der Waals surface area contributed by atoms with Crippen LogP contribution >= 0.6 is 0 Å². The van der Waals surface area contributed by atoms with Crippen molar-refractivity contribution in [3.8, 4) is 22.8 Å². The molecule has 0 atom stereocenters. The number of benzene rings is 1. The second-order valence-electron chi connectivity index (χ2n) is 6.38. The number of carbonyl (C=O) groups excluding carboxylic acids is 1. The first-order valence-corrected chi connectivity index (χ1v) is 10.4. The molecule has 8 nitrogen and oxygen atoms in total. The summed E-state index contributed by atoms with van der Waals surface area (Å²) in [6.07, 6.45) is 2.80. The Balaban J connectivity index is 1.81. The molecule has 3 rings (SSSR count). The number of hydrogen-bond donors (Lipinski definition) is 0. The molecule has 0 radical (unpaired) electrons. The van der Waals surface area contributed by atoms with E-state index < -0.39 is 10.0 Å². The van der Waals surface area contributed by atoms with Gasteiger partial charge in [-0.1, -0.05) is 18.7 Å². The number of hydrogen-bond acceptors (Lipinski definition) is 6. The Hall–Kier alpha value is -2.91. The number of aromatic nitrogens is 1. The third-order valence-corrected chi connectivity index (χ3v) is 6.71. The van der Waals surface area contributed by atoms with E-state index in [4.69, 9.17) is 9.47 Å². The van der Waals surface area contributed by atoms with Crippen LogP contribution in [0.2, 0.25) is 0 Å². The van der Waals surface area contributed by atoms with Gasteiger partial charge in [-0.2, -0.15) is 4.31 Å². The Bertz CT molecular complexity index is 997. The van der Waals surface area contributed by atoms with Crippen LogP contribution in [0.4, 0.5) is 0 Å². The van der Waals surface area contributed by atoms with Crippen molar-refractivity contribution in [1.82, 2.24) is 14.2 Å². The predicted molar refractivity (Wildman–Crippen MR) is 108 cm³/mol. The van der Waals surface area contributed by atoms with Crippen molar-refractivity contribution in [2.45, 2.75) is 4.90 Å². The van der Waals surface area contributed by atoms with E-state index in [1.54, 1.807) is 48.5 Å². The number of nitrogens with zero attached hydrogens (tertiary/aromatic N) is 3. The molecule has 1 fully saturated rings. The van der Waals surface area contributed by atoms with Crippen LogP contribution in [0, 0.1) is 0 Å². The smallest absolute Gasteiger partial charge is 0.246 e. The fraction of sp³-hybridized carbons (Fsp3) is 0.300. The molecule has 154 valence electrons. The topological polar surface area (TPSA) is 89.0 Å². The van der Waals surface area contributed by atoms with Crippen molar-refractivity contribution < 1.29 is 22.7 Å². The summed E-state index contributed by atoms with van der Waals surface area (Å²) in [5.74, 6) is 0.807. The summed E-state index contributed by atoms with van der Waals surface area (Å²) < 4.78 is 37.8. The van der Waals surface area contributed by atoms with Gasteiger partial charge in [-0.15, -0.1) is 0 Å². The Kier molecular flexibility index (Phi) is 6.19. The number of rotatable bonds is 6. The maximum absolute atomic E-state index is 13.0. The van der Waals surface area contributed by atoms with Gasteiger partial charge >= 0.3 is 0 Å². The molecule has 2 aromatic rings. The molecule has 1 aliphatic rings. The molecule has 1 aliphatic heterocycles. The quantitative estimate of drug-likeness (QED) is 0.666. The summed E-state index contributed by atoms with van der Waals surface area (Å²) in [6, 6.07) is 8.32. The van der Waals surface area contributed by atoms with E-state index in [9.17, 15) is 13.2 Å². The number of amides is 1. The Morgan fingerprint density at radius 3 is 2.31 bits per heavy atom. The molecule has 0 unspecified atom stereocenters. The van der Waals surface area contributed by atoms with Crippen LogP contribution in [0.1, 0.15) is 0 Å². The lowest BCUT2D eigenvalue weighted by molar-refractivity contribution is -0.127. The van der Waals surface area contributed by atoms with Crippen LogP contribution in [0.3, 0.4) is 0 Å². The summed E-state index contributed by atoms with van der Waals surface area (Å²) in [7, 11) is -0.575. The molecule has 0 bridgehead atoms. The molecule has 1 amide bonds. The average molecular weight is 417 g/mol. The van der Waals surface area contributed by atoms with Gasteiger partial charge in [0.2, 0.25) is 21.8 Å². The number of ether oxygens (including phenoxy) is 2. The van der Waals surface area contributed by atoms with Crippen molar-refractivity contribution >= 4 is 15.9 Å². The highest BCUT2D eigenvalue weighted by Gasteiger charge is 2.29. The molecule has 1 aromatic heterocycles. The summed E-state index contributed by atoms with van der Waals surface area (Å²) in [6.45, 7) is 4.65. The normalized spacial score (nSPS) is 15.0. The summed E-state index contributed by atoms with van der Waals surface area (Å²) in [5.41, 5.74) is 1.53. The molecule has 0 aliphatic carbocycles. The van der Waals surface area contributed by atoms with Crippen molar-refractivity contribution in [2.24, 2.45) is 0 Å². The first-order chi connectivity index (χ1) is 13.9. The summed E-state index contributed by atoms with van der Waals surface area (Å²) in [5, 5.41) is 0. The minimum atomic E-state index is -3.64. The molecule has 2 heterocycles. The van der Waals surface area contributed by atoms with E-state index >= 15 is 0 Å². The highest BCUT2D eigenvalue weighted by molar-refractivity contribution is 7.89. The largest absolute Gasteiger partial charge is 0.494 e. The van der Waals surface area contributed by atoms with Crippen LogP contribution in [0.25, 0.3) is 11.1 Å². The van der Waals surface area contributed by atoms with E-state index in [2.05, 4.69) is 11.6 Å². The Morgan fingerprint density at radius 1 is 1.10 bits per heavy atom. The van der Waals surface area contributed by atoms with E-state index in [-0.39, 0.29) is 23.9 Å². The molecule has 9 heteroatoms. The average Bonchev–Trinajstić information content (AvgIpc) is 2.78. The first kappa shape index (κ1) is 20.8. The van der Waals surface area contributed by atoms with Gasteiger partial charge in [0.05, 0.1) is 25.3 Å². The standard InChI is InChI=1S/C20H23N3O5S/c1-4-20(24)22-9-11-23(12-10-22)29(25,26)16-7-5-15(6-8-16)17-13-19(28-3)21-14-18(17)27-2/h4-8,13-14H,1,9-12H2,2-3H3. The lowest BCUT2D eigenvalue weighted by atomic mass is 10.1. The lowest BCUT2D eigenvalue weighted by Gasteiger charge is -2.33. The zero-order valence-corrected chi connectivity index (χ0v) is 17.2. The van der Waals surface area contributed by atoms with Gasteiger partial charge in [0, 0.05) is 37.8 Å². The van der Waals surface area contributed by atoms with E-state index in [0.717, 1.165) is 11.1 Å². The second kappa shape index (κ2) is 8.62. The SMILES string of the molecule is C=CC(=O)N1CCN(S(=O)(=O)c2ccc(-c3cc(OC)ncc3OC)cc2)CC1. The minimum Gasteiger partial charge on any atom is -0.494 e. The second-order valence-corrected chi connectivity index (χ2v) is 8.32. The van der Waals surface area contributed by atoms with Gasteiger partial charge in [0.25, 0.3) is 0 Å². The molecular weight excluding hydrogens is 394 g/mol. The van der Waals surface area contributed by atoms with Crippen LogP contribution in [0.5, 0.6) is 11.6 Å². The van der Waals surface area contributed by atoms with Crippen LogP contribution in [-0.2, 0) is 14.8 Å². The summed E-state index contributed by atoms with van der Waals surface area (Å²) >= 11 is 0. The monoisotopic (exact) mass is 417 g/mol. The van der Waals surface area contributed by atoms with Crippen molar-refractivity contribution in [3.63, 3.8) is 0 Å². The van der Waals surface area contributed by atoms with Crippen molar-refractivity contribution in [1.29, 1.82) is 0 Å². The van der Waals surface area contributed by atoms with Crippen LogP contribution < -0.4 is 9.47 Å². The third kappa shape index (κ3) is 4.25. The molecular formula is C20H23N3O5S. The molecule has 0 N–H and O–H groups in total. The Morgan fingerprint density at radius 2 is 1.76 bits per heavy atom. The molecule has 1 aromatic carbocycles. The van der Waals surface area contributed by atoms with Gasteiger partial charge < -0.3 is 14.4 Å². The molecule has 1 saturated heterocycles. The van der Waals surface area contributed by atoms with Crippen LogP contribution in [-0.4, -0.2) is 68.9 Å². The lowest BCUT2D eigenvalue weighted by Crippen LogP contribution is -2.50. The van der Waals surface area contributed by atoms with Gasteiger partial charge in [-0.3, -0.25) is 4.79 Å². The van der Waals surface area contributed by atoms with Gasteiger partial charge in [-0.25, -0.2) is 13.4 Å². The molecule has 0 spiro atoms. The highest BCUT2D eigenvalue weighted by atomic mass is 32.2. The van der Waals surface area contributed by atoms with Gasteiger partial charge in [0.1, 0.15) is 5.75 Å². The number of methoxy groups -OCH3 is 2. The first-order valence-electron chi connectivity index (χ1n) is 9.00. The molecule has 29 heavy (non-hydrogen) atoms. The zero-order valence-electron chi connectivity index (χ0n) is 16.4. The predicted octanol–water partition coefficient (Wildman–Crippen LogP) is 1.78. The number of carbonyl (C=O) groups is 1. The molecule has 0 saturated carbocycles. The number of pyridine rings is 1. The number of sulfonamides is 1. The number of piperazine rings is 1. The van der Waals surface area contributed by atoms with E-state index in [1.165, 1.54) is 17.5 Å². The van der Waals surface area contributed by atoms with E-state index in [0.29, 0.717) is 24.7 Å². The van der Waals surface area contributed by atoms with Gasteiger partial charge in [0.15, 0.2) is 0 Å². The fourth-order valence-electron chi connectivity index (χ4n) is 3.16. The van der Waals surface area contributed by atoms with Crippen LogP contribution in [0.15, 0.2) is 54.1 Å². The van der Waals surface area contributed by atoms with Gasteiger partial charge in [-0.05, 0) is 23.8 Å². The maximum atomic E-state index is 13.0. The third-order valence-electron chi connectivity index (χ3n) is 4.80. The fourth-order valence-corrected chi connectivity index (χ4v) is 4.58. The minimum absolute atomic E-state index is 0.187. The van der Waals surface area contributed by atoms with Crippen molar-refractivity contribution in [2.75, 3.05) is 40.4 Å². The summed E-state index contributed by atoms with van der Waals surface area (Å²) in [4.78, 5) is 17.6. The Labute approximate surface area is 170 Å². The highest BCUT2D eigenvalue weighted by Crippen LogP contribution is 2.32. The van der Waals surface area contributed by atoms with E-state index in [1.807, 2.05) is 0 Å².